The van der Waals surface area contributed by atoms with Gasteiger partial charge in [-0.3, -0.25) is 14.4 Å². The van der Waals surface area contributed by atoms with Crippen LogP contribution in [0.4, 0.5) is 28.0 Å². The van der Waals surface area contributed by atoms with Gasteiger partial charge in [-0.2, -0.15) is 0 Å². The zero-order valence-corrected chi connectivity index (χ0v) is 26.8. The molecule has 0 saturated carbocycles. The van der Waals surface area contributed by atoms with Gasteiger partial charge in [0.15, 0.2) is 29.0 Å². The van der Waals surface area contributed by atoms with Gasteiger partial charge in [0.05, 0.1) is 6.54 Å². The van der Waals surface area contributed by atoms with E-state index in [0.29, 0.717) is 29.5 Å². The molecule has 2 aromatic carbocycles. The standard InChI is InChI=1S/C33H33F4N5O6/c1-33(2,3)48-32(46)42-25(39-28-29(42)21(36)17-22(37)30(28)47-24-14-13-19(34)16-20(24)35)18-41-15-9-10-23(31(41)45)38-26(43)11-7-6-8-12-27(44)40(4)5/h8-10,12-17H,6-7,11,18H2,1-5H3,(H,38,43)/b12-8+. The number of hydrogen-bond donors (Lipinski definition) is 1. The highest BCUT2D eigenvalue weighted by Crippen LogP contribution is 2.36. The number of carbonyl (C=O) groups is 3. The fraction of sp³-hybridized carbons (Fsp3) is 0.303. The fourth-order valence-corrected chi connectivity index (χ4v) is 4.41. The summed E-state index contributed by atoms with van der Waals surface area (Å²) in [6.45, 7) is 4.18. The number of ether oxygens (including phenoxy) is 2. The minimum absolute atomic E-state index is 0.0472. The number of aromatic nitrogens is 3. The van der Waals surface area contributed by atoms with Crippen molar-refractivity contribution in [2.45, 2.75) is 52.2 Å². The Labute approximate surface area is 272 Å². The van der Waals surface area contributed by atoms with Crippen molar-refractivity contribution in [1.29, 1.82) is 0 Å². The fourth-order valence-electron chi connectivity index (χ4n) is 4.41. The lowest BCUT2D eigenvalue weighted by atomic mass is 10.2. The van der Waals surface area contributed by atoms with Crippen molar-refractivity contribution < 1.29 is 41.4 Å². The number of anilines is 1. The Bertz CT molecular complexity index is 1960. The largest absolute Gasteiger partial charge is 0.449 e. The summed E-state index contributed by atoms with van der Waals surface area (Å²) in [4.78, 5) is 56.5. The number of rotatable bonds is 10. The average molecular weight is 672 g/mol. The summed E-state index contributed by atoms with van der Waals surface area (Å²) >= 11 is 0. The van der Waals surface area contributed by atoms with Crippen molar-refractivity contribution >= 4 is 34.6 Å². The average Bonchev–Trinajstić information content (AvgIpc) is 3.36. The lowest BCUT2D eigenvalue weighted by Gasteiger charge is -2.20. The van der Waals surface area contributed by atoms with Crippen LogP contribution in [0, 0.1) is 23.3 Å². The molecule has 0 atom stereocenters. The number of pyridine rings is 1. The summed E-state index contributed by atoms with van der Waals surface area (Å²) in [5.74, 6) is -6.97. The quantitative estimate of drug-likeness (QED) is 0.122. The van der Waals surface area contributed by atoms with Gasteiger partial charge in [-0.1, -0.05) is 6.08 Å². The monoisotopic (exact) mass is 671 g/mol. The van der Waals surface area contributed by atoms with E-state index >= 15 is 8.78 Å². The highest BCUT2D eigenvalue weighted by Gasteiger charge is 2.29. The first-order valence-corrected chi connectivity index (χ1v) is 14.7. The van der Waals surface area contributed by atoms with E-state index in [-0.39, 0.29) is 23.8 Å². The van der Waals surface area contributed by atoms with Crippen LogP contribution in [0.3, 0.4) is 0 Å². The zero-order valence-electron chi connectivity index (χ0n) is 26.8. The molecular formula is C33H33F4N5O6. The molecule has 0 saturated heterocycles. The molecule has 0 aliphatic rings. The summed E-state index contributed by atoms with van der Waals surface area (Å²) in [6, 6.07) is 5.48. The summed E-state index contributed by atoms with van der Waals surface area (Å²) in [6.07, 6.45) is 4.14. The van der Waals surface area contributed by atoms with E-state index in [2.05, 4.69) is 10.3 Å². The Hall–Kier alpha value is -5.47. The van der Waals surface area contributed by atoms with Gasteiger partial charge in [0, 0.05) is 38.8 Å². The lowest BCUT2D eigenvalue weighted by molar-refractivity contribution is -0.123. The molecule has 4 aromatic rings. The van der Waals surface area contributed by atoms with Crippen LogP contribution in [-0.2, 0) is 20.9 Å². The molecule has 0 bridgehead atoms. The maximum absolute atomic E-state index is 15.4. The SMILES string of the molecule is CN(C)C(=O)/C=C/CCCC(=O)Nc1cccn(Cc2nc3c(Oc4ccc(F)cc4F)c(F)cc(F)c3n2C(=O)OC(C)(C)C)c1=O. The molecule has 0 aliphatic carbocycles. The number of allylic oxidation sites excluding steroid dienone is 1. The maximum Gasteiger partial charge on any atom is 0.420 e. The minimum atomic E-state index is -1.30. The van der Waals surface area contributed by atoms with Crippen LogP contribution in [-0.4, -0.2) is 56.6 Å². The first-order chi connectivity index (χ1) is 22.6. The second-order valence-corrected chi connectivity index (χ2v) is 11.8. The third-order valence-corrected chi connectivity index (χ3v) is 6.62. The van der Waals surface area contributed by atoms with E-state index in [1.807, 2.05) is 0 Å². The molecule has 48 heavy (non-hydrogen) atoms. The van der Waals surface area contributed by atoms with E-state index in [0.717, 1.165) is 16.7 Å². The highest BCUT2D eigenvalue weighted by atomic mass is 19.1. The summed E-state index contributed by atoms with van der Waals surface area (Å²) < 4.78 is 71.0. The van der Waals surface area contributed by atoms with Gasteiger partial charge in [-0.15, -0.1) is 0 Å². The number of carbonyl (C=O) groups excluding carboxylic acids is 3. The first kappa shape index (κ1) is 35.4. The number of unbranched alkanes of at least 4 members (excludes halogenated alkanes) is 1. The summed E-state index contributed by atoms with van der Waals surface area (Å²) in [7, 11) is 3.23. The second-order valence-electron chi connectivity index (χ2n) is 11.8. The predicted molar refractivity (Wildman–Crippen MR) is 168 cm³/mol. The van der Waals surface area contributed by atoms with Crippen molar-refractivity contribution in [1.82, 2.24) is 19.0 Å². The maximum atomic E-state index is 15.4. The van der Waals surface area contributed by atoms with Gasteiger partial charge in [-0.25, -0.2) is 31.9 Å². The first-order valence-electron chi connectivity index (χ1n) is 14.7. The summed E-state index contributed by atoms with van der Waals surface area (Å²) in [5, 5.41) is 2.53. The molecule has 2 heterocycles. The van der Waals surface area contributed by atoms with Gasteiger partial charge < -0.3 is 24.3 Å². The molecule has 2 amide bonds. The van der Waals surface area contributed by atoms with Crippen LogP contribution in [0.1, 0.15) is 45.9 Å². The van der Waals surface area contributed by atoms with Crippen LogP contribution in [0.25, 0.3) is 11.0 Å². The van der Waals surface area contributed by atoms with E-state index in [4.69, 9.17) is 9.47 Å². The Morgan fingerprint density at radius 2 is 1.75 bits per heavy atom. The predicted octanol–water partition coefficient (Wildman–Crippen LogP) is 6.13. The molecule has 11 nitrogen and oxygen atoms in total. The molecule has 0 aliphatic heterocycles. The van der Waals surface area contributed by atoms with Gasteiger partial charge in [0.1, 0.15) is 34.0 Å². The van der Waals surface area contributed by atoms with Crippen molar-refractivity contribution in [2.75, 3.05) is 19.4 Å². The van der Waals surface area contributed by atoms with E-state index in [1.165, 1.54) is 29.3 Å². The summed E-state index contributed by atoms with van der Waals surface area (Å²) in [5.41, 5.74) is -3.01. The molecule has 2 aromatic heterocycles. The molecule has 254 valence electrons. The highest BCUT2D eigenvalue weighted by molar-refractivity contribution is 5.92. The number of nitrogens with one attached hydrogen (secondary N) is 1. The van der Waals surface area contributed by atoms with Gasteiger partial charge in [0.2, 0.25) is 11.8 Å². The van der Waals surface area contributed by atoms with Crippen LogP contribution in [0.15, 0.2) is 59.5 Å². The molecule has 0 radical (unpaired) electrons. The number of likely N-dealkylation sites (N-methyl/N-ethyl adjacent to an activating group) is 1. The minimum Gasteiger partial charge on any atom is -0.449 e. The van der Waals surface area contributed by atoms with Crippen LogP contribution in [0.5, 0.6) is 11.5 Å². The molecule has 1 N–H and O–H groups in total. The number of benzene rings is 2. The van der Waals surface area contributed by atoms with Crippen molar-refractivity contribution in [3.63, 3.8) is 0 Å². The molecular weight excluding hydrogens is 638 g/mol. The zero-order chi connectivity index (χ0) is 35.3. The number of hydrogen-bond acceptors (Lipinski definition) is 7. The smallest absolute Gasteiger partial charge is 0.420 e. The van der Waals surface area contributed by atoms with Gasteiger partial charge in [-0.05, 0) is 64.0 Å². The normalized spacial score (nSPS) is 11.6. The number of amides is 2. The molecule has 0 fully saturated rings. The van der Waals surface area contributed by atoms with Crippen molar-refractivity contribution in [2.24, 2.45) is 0 Å². The molecule has 0 spiro atoms. The van der Waals surface area contributed by atoms with Crippen LogP contribution < -0.4 is 15.6 Å². The van der Waals surface area contributed by atoms with Gasteiger partial charge >= 0.3 is 6.09 Å². The van der Waals surface area contributed by atoms with Crippen molar-refractivity contribution in [3.05, 3.63) is 94.2 Å². The van der Waals surface area contributed by atoms with Crippen LogP contribution in [0.2, 0.25) is 0 Å². The Balaban J connectivity index is 1.69. The Kier molecular flexibility index (Phi) is 10.7. The van der Waals surface area contributed by atoms with Crippen molar-refractivity contribution in [3.8, 4) is 11.5 Å². The number of halogens is 4. The second kappa shape index (κ2) is 14.5. The van der Waals surface area contributed by atoms with E-state index < -0.39 is 75.5 Å². The molecule has 15 heteroatoms. The number of imidazole rings is 1. The topological polar surface area (TPSA) is 125 Å². The lowest BCUT2D eigenvalue weighted by Crippen LogP contribution is -2.30. The molecule has 4 rings (SSSR count). The third-order valence-electron chi connectivity index (χ3n) is 6.62. The molecule has 0 unspecified atom stereocenters. The Morgan fingerprint density at radius 3 is 2.42 bits per heavy atom. The number of fused-ring (bicyclic) bond motifs is 1. The van der Waals surface area contributed by atoms with E-state index in [9.17, 15) is 28.0 Å². The Morgan fingerprint density at radius 1 is 1.02 bits per heavy atom. The van der Waals surface area contributed by atoms with E-state index in [1.54, 1.807) is 40.9 Å². The third kappa shape index (κ3) is 8.46. The van der Waals surface area contributed by atoms with Crippen LogP contribution >= 0.6 is 0 Å². The number of nitrogens with zero attached hydrogens (tertiary/aromatic N) is 4. The van der Waals surface area contributed by atoms with Gasteiger partial charge in [0.25, 0.3) is 5.56 Å².